The number of aryl methyl sites for hydroxylation is 1. The van der Waals surface area contributed by atoms with Crippen molar-refractivity contribution in [2.24, 2.45) is 0 Å². The van der Waals surface area contributed by atoms with Crippen molar-refractivity contribution in [2.75, 3.05) is 12.8 Å². The van der Waals surface area contributed by atoms with Gasteiger partial charge in [-0.25, -0.2) is 8.42 Å². The molecule has 1 amide bonds. The molecule has 26 heavy (non-hydrogen) atoms. The van der Waals surface area contributed by atoms with Crippen LogP contribution in [-0.2, 0) is 21.2 Å². The Hall–Kier alpha value is -2.67. The molecule has 0 bridgehead atoms. The summed E-state index contributed by atoms with van der Waals surface area (Å²) in [5.74, 6) is -1.65. The average molecular weight is 375 g/mol. The number of aliphatic carboxylic acids is 1. The molecule has 0 unspecified atom stereocenters. The summed E-state index contributed by atoms with van der Waals surface area (Å²) in [5.41, 5.74) is 2.27. The van der Waals surface area contributed by atoms with Gasteiger partial charge in [0.1, 0.15) is 6.54 Å². The number of hydrogen-bond donors (Lipinski definition) is 1. The van der Waals surface area contributed by atoms with Gasteiger partial charge in [-0.3, -0.25) is 9.59 Å². The molecule has 0 atom stereocenters. The molecule has 0 aliphatic heterocycles. The van der Waals surface area contributed by atoms with Crippen molar-refractivity contribution in [3.05, 3.63) is 64.7 Å². The van der Waals surface area contributed by atoms with Gasteiger partial charge >= 0.3 is 5.97 Å². The van der Waals surface area contributed by atoms with Crippen LogP contribution in [0.5, 0.6) is 0 Å². The largest absolute Gasteiger partial charge is 0.480 e. The van der Waals surface area contributed by atoms with E-state index in [0.29, 0.717) is 11.1 Å². The second-order valence-corrected chi connectivity index (χ2v) is 8.24. The molecule has 138 valence electrons. The van der Waals surface area contributed by atoms with Gasteiger partial charge in [0.15, 0.2) is 9.84 Å². The van der Waals surface area contributed by atoms with E-state index in [-0.39, 0.29) is 17.0 Å². The highest BCUT2D eigenvalue weighted by Crippen LogP contribution is 2.22. The van der Waals surface area contributed by atoms with Crippen molar-refractivity contribution in [3.8, 4) is 0 Å². The molecule has 0 heterocycles. The lowest BCUT2D eigenvalue weighted by Gasteiger charge is -2.23. The zero-order valence-electron chi connectivity index (χ0n) is 14.9. The Morgan fingerprint density at radius 3 is 2.23 bits per heavy atom. The monoisotopic (exact) mass is 375 g/mol. The quantitative estimate of drug-likeness (QED) is 0.837. The van der Waals surface area contributed by atoms with Crippen molar-refractivity contribution in [1.82, 2.24) is 4.90 Å². The van der Waals surface area contributed by atoms with Crippen LogP contribution in [0.4, 0.5) is 0 Å². The zero-order chi connectivity index (χ0) is 19.5. The summed E-state index contributed by atoms with van der Waals surface area (Å²) < 4.78 is 23.8. The lowest BCUT2D eigenvalue weighted by molar-refractivity contribution is -0.137. The van der Waals surface area contributed by atoms with E-state index in [9.17, 15) is 23.1 Å². The third kappa shape index (κ3) is 4.70. The Morgan fingerprint density at radius 2 is 1.69 bits per heavy atom. The Kier molecular flexibility index (Phi) is 5.82. The van der Waals surface area contributed by atoms with Crippen LogP contribution in [0.25, 0.3) is 0 Å². The Labute approximate surface area is 153 Å². The number of carboxylic acid groups (broad SMARTS) is 1. The van der Waals surface area contributed by atoms with Crippen molar-refractivity contribution >= 4 is 21.7 Å². The molecule has 2 aromatic carbocycles. The number of hydrogen-bond acceptors (Lipinski definition) is 4. The van der Waals surface area contributed by atoms with Gasteiger partial charge in [-0.2, -0.15) is 0 Å². The molecule has 6 nitrogen and oxygen atoms in total. The third-order valence-corrected chi connectivity index (χ3v) is 5.22. The number of benzene rings is 2. The maximum absolute atomic E-state index is 13.0. The van der Waals surface area contributed by atoms with Crippen LogP contribution in [0.2, 0.25) is 0 Å². The number of nitrogens with zero attached hydrogens (tertiary/aromatic N) is 1. The van der Waals surface area contributed by atoms with Crippen molar-refractivity contribution in [3.63, 3.8) is 0 Å². The second-order valence-electron chi connectivity index (χ2n) is 6.23. The van der Waals surface area contributed by atoms with Gasteiger partial charge in [0, 0.05) is 18.4 Å². The minimum Gasteiger partial charge on any atom is -0.480 e. The fourth-order valence-corrected chi connectivity index (χ4v) is 3.32. The van der Waals surface area contributed by atoms with Gasteiger partial charge in [-0.15, -0.1) is 0 Å². The first-order valence-corrected chi connectivity index (χ1v) is 9.85. The molecule has 0 fully saturated rings. The summed E-state index contributed by atoms with van der Waals surface area (Å²) in [6.07, 6.45) is 1.07. The average Bonchev–Trinajstić information content (AvgIpc) is 2.55. The first-order chi connectivity index (χ1) is 12.1. The van der Waals surface area contributed by atoms with E-state index < -0.39 is 28.3 Å². The number of carbonyl (C=O) groups excluding carboxylic acids is 1. The molecule has 0 aromatic heterocycles. The van der Waals surface area contributed by atoms with E-state index in [1.165, 1.54) is 17.0 Å². The molecule has 7 heteroatoms. The highest BCUT2D eigenvalue weighted by atomic mass is 32.2. The highest BCUT2D eigenvalue weighted by molar-refractivity contribution is 7.90. The Balaban J connectivity index is 2.48. The summed E-state index contributed by atoms with van der Waals surface area (Å²) >= 11 is 0. The van der Waals surface area contributed by atoms with Crippen LogP contribution in [0.3, 0.4) is 0 Å². The van der Waals surface area contributed by atoms with Crippen LogP contribution in [0, 0.1) is 13.8 Å². The third-order valence-electron chi connectivity index (χ3n) is 4.13. The van der Waals surface area contributed by atoms with E-state index in [1.807, 2.05) is 6.07 Å². The molecule has 0 saturated heterocycles. The first-order valence-electron chi connectivity index (χ1n) is 7.96. The van der Waals surface area contributed by atoms with Crippen LogP contribution in [-0.4, -0.2) is 43.1 Å². The summed E-state index contributed by atoms with van der Waals surface area (Å²) in [7, 11) is -3.49. The molecule has 0 aliphatic rings. The standard InChI is InChI=1S/C19H21NO5S/c1-13-9-16(26(3,24)25)10-17(14(13)2)19(23)20(12-18(21)22)11-15-7-5-4-6-8-15/h4-10H,11-12H2,1-3H3,(H,21,22). The number of rotatable bonds is 6. The number of sulfone groups is 1. The fourth-order valence-electron chi connectivity index (χ4n) is 2.60. The van der Waals surface area contributed by atoms with Gasteiger partial charge in [0.05, 0.1) is 4.90 Å². The van der Waals surface area contributed by atoms with Gasteiger partial charge < -0.3 is 10.0 Å². The number of carbonyl (C=O) groups is 2. The SMILES string of the molecule is Cc1cc(S(C)(=O)=O)cc(C(=O)N(CC(=O)O)Cc2ccccc2)c1C. The lowest BCUT2D eigenvalue weighted by Crippen LogP contribution is -2.35. The zero-order valence-corrected chi connectivity index (χ0v) is 15.7. The number of amides is 1. The molecule has 0 radical (unpaired) electrons. The van der Waals surface area contributed by atoms with Gasteiger partial charge in [-0.1, -0.05) is 30.3 Å². The minimum atomic E-state index is -3.49. The smallest absolute Gasteiger partial charge is 0.323 e. The Morgan fingerprint density at radius 1 is 1.08 bits per heavy atom. The highest BCUT2D eigenvalue weighted by Gasteiger charge is 2.23. The first kappa shape index (κ1) is 19.7. The van der Waals surface area contributed by atoms with Crippen LogP contribution in [0.1, 0.15) is 27.0 Å². The van der Waals surface area contributed by atoms with Crippen molar-refractivity contribution < 1.29 is 23.1 Å². The van der Waals surface area contributed by atoms with Crippen LogP contribution < -0.4 is 0 Å². The number of carboxylic acids is 1. The summed E-state index contributed by atoms with van der Waals surface area (Å²) in [4.78, 5) is 25.5. The van der Waals surface area contributed by atoms with E-state index in [2.05, 4.69) is 0 Å². The normalized spacial score (nSPS) is 11.2. The molecule has 0 saturated carbocycles. The predicted molar refractivity (Wildman–Crippen MR) is 97.8 cm³/mol. The topological polar surface area (TPSA) is 91.8 Å². The second kappa shape index (κ2) is 7.70. The maximum atomic E-state index is 13.0. The fraction of sp³-hybridized carbons (Fsp3) is 0.263. The van der Waals surface area contributed by atoms with E-state index >= 15 is 0 Å². The van der Waals surface area contributed by atoms with E-state index in [4.69, 9.17) is 0 Å². The Bertz CT molecular complexity index is 936. The van der Waals surface area contributed by atoms with Crippen LogP contribution in [0.15, 0.2) is 47.4 Å². The summed E-state index contributed by atoms with van der Waals surface area (Å²) in [5, 5.41) is 9.18. The molecule has 0 spiro atoms. The van der Waals surface area contributed by atoms with Gasteiger partial charge in [-0.05, 0) is 42.7 Å². The molecule has 1 N–H and O–H groups in total. The van der Waals surface area contributed by atoms with Gasteiger partial charge in [0.25, 0.3) is 5.91 Å². The summed E-state index contributed by atoms with van der Waals surface area (Å²) in [6, 6.07) is 11.9. The van der Waals surface area contributed by atoms with E-state index in [1.54, 1.807) is 38.1 Å². The summed E-state index contributed by atoms with van der Waals surface area (Å²) in [6.45, 7) is 3.08. The van der Waals surface area contributed by atoms with Gasteiger partial charge in [0.2, 0.25) is 0 Å². The van der Waals surface area contributed by atoms with E-state index in [0.717, 1.165) is 11.8 Å². The van der Waals surface area contributed by atoms with Crippen molar-refractivity contribution in [1.29, 1.82) is 0 Å². The molecule has 2 rings (SSSR count). The molecular formula is C19H21NO5S. The maximum Gasteiger partial charge on any atom is 0.323 e. The minimum absolute atomic E-state index is 0.0407. The molecule has 2 aromatic rings. The lowest BCUT2D eigenvalue weighted by atomic mass is 10.0. The predicted octanol–water partition coefficient (Wildman–Crippen LogP) is 2.43. The van der Waals surface area contributed by atoms with Crippen molar-refractivity contribution in [2.45, 2.75) is 25.3 Å². The van der Waals surface area contributed by atoms with Crippen LogP contribution >= 0.6 is 0 Å². The molecule has 0 aliphatic carbocycles. The molecular weight excluding hydrogens is 354 g/mol.